The fourth-order valence-corrected chi connectivity index (χ4v) is 4.22. The molecule has 0 amide bonds. The molecule has 1 aliphatic heterocycles. The van der Waals surface area contributed by atoms with Crippen molar-refractivity contribution < 1.29 is 8.42 Å². The molecule has 0 spiro atoms. The standard InChI is InChI=1S/C10H19N3O2S2/c1-3-7-17(14,15)8-6-16-10-4-5-11-9-13(2)12-10/h9H,3-8H2,1-2H3. The molecule has 0 radical (unpaired) electrons. The van der Waals surface area contributed by atoms with Gasteiger partial charge < -0.3 is 0 Å². The van der Waals surface area contributed by atoms with Crippen molar-refractivity contribution in [2.24, 2.45) is 10.1 Å². The Hall–Kier alpha value is -0.560. The molecule has 1 aliphatic rings. The third-order valence-electron chi connectivity index (χ3n) is 2.15. The monoisotopic (exact) mass is 277 g/mol. The molecule has 0 N–H and O–H groups in total. The summed E-state index contributed by atoms with van der Waals surface area (Å²) in [5.41, 5.74) is 0. The van der Waals surface area contributed by atoms with E-state index in [0.717, 1.165) is 18.0 Å². The average molecular weight is 277 g/mol. The van der Waals surface area contributed by atoms with Crippen LogP contribution in [0.5, 0.6) is 0 Å². The van der Waals surface area contributed by atoms with E-state index in [1.165, 1.54) is 11.8 Å². The zero-order chi connectivity index (χ0) is 12.7. The van der Waals surface area contributed by atoms with E-state index in [1.54, 1.807) is 11.3 Å². The van der Waals surface area contributed by atoms with E-state index >= 15 is 0 Å². The largest absolute Gasteiger partial charge is 0.273 e. The van der Waals surface area contributed by atoms with Crippen LogP contribution >= 0.6 is 11.8 Å². The summed E-state index contributed by atoms with van der Waals surface area (Å²) in [6.45, 7) is 2.60. The maximum absolute atomic E-state index is 11.5. The molecule has 0 aromatic carbocycles. The number of nitrogens with zero attached hydrogens (tertiary/aromatic N) is 3. The Morgan fingerprint density at radius 3 is 2.94 bits per heavy atom. The van der Waals surface area contributed by atoms with Crippen LogP contribution in [-0.2, 0) is 9.84 Å². The van der Waals surface area contributed by atoms with Crippen LogP contribution in [0, 0.1) is 0 Å². The summed E-state index contributed by atoms with van der Waals surface area (Å²) < 4.78 is 23.0. The SMILES string of the molecule is CCCS(=O)(=O)CCSC1=NN(C)C=NCC1. The van der Waals surface area contributed by atoms with Gasteiger partial charge in [-0.3, -0.25) is 10.0 Å². The fraction of sp³-hybridized carbons (Fsp3) is 0.800. The Morgan fingerprint density at radius 1 is 1.47 bits per heavy atom. The van der Waals surface area contributed by atoms with Crippen molar-refractivity contribution in [1.29, 1.82) is 0 Å². The number of aliphatic imine (C=N–C) groups is 1. The molecule has 0 saturated carbocycles. The molecule has 0 aliphatic carbocycles. The summed E-state index contributed by atoms with van der Waals surface area (Å²) in [4.78, 5) is 4.14. The van der Waals surface area contributed by atoms with E-state index in [2.05, 4.69) is 10.1 Å². The first kappa shape index (κ1) is 14.5. The molecule has 0 atom stereocenters. The lowest BCUT2D eigenvalue weighted by atomic mass is 10.5. The van der Waals surface area contributed by atoms with Gasteiger partial charge in [-0.2, -0.15) is 5.10 Å². The van der Waals surface area contributed by atoms with Crippen molar-refractivity contribution in [2.75, 3.05) is 30.9 Å². The summed E-state index contributed by atoms with van der Waals surface area (Å²) in [6, 6.07) is 0. The molecule has 0 aromatic heterocycles. The molecule has 5 nitrogen and oxygen atoms in total. The molecular weight excluding hydrogens is 258 g/mol. The van der Waals surface area contributed by atoms with Gasteiger partial charge in [0, 0.05) is 31.5 Å². The molecule has 1 rings (SSSR count). The lowest BCUT2D eigenvalue weighted by Gasteiger charge is -2.07. The van der Waals surface area contributed by atoms with Gasteiger partial charge in [0.25, 0.3) is 0 Å². The Morgan fingerprint density at radius 2 is 2.24 bits per heavy atom. The lowest BCUT2D eigenvalue weighted by Crippen LogP contribution is -2.14. The Bertz CT molecular complexity index is 390. The van der Waals surface area contributed by atoms with Crippen LogP contribution in [0.25, 0.3) is 0 Å². The predicted octanol–water partition coefficient (Wildman–Crippen LogP) is 1.22. The van der Waals surface area contributed by atoms with Gasteiger partial charge in [-0.25, -0.2) is 8.42 Å². The fourth-order valence-electron chi connectivity index (χ4n) is 1.39. The van der Waals surface area contributed by atoms with Crippen LogP contribution in [0.2, 0.25) is 0 Å². The van der Waals surface area contributed by atoms with Crippen LogP contribution in [0.1, 0.15) is 19.8 Å². The first-order valence-electron chi connectivity index (χ1n) is 5.67. The number of hydrogen-bond donors (Lipinski definition) is 0. The van der Waals surface area contributed by atoms with Gasteiger partial charge in [0.1, 0.15) is 6.34 Å². The van der Waals surface area contributed by atoms with Crippen molar-refractivity contribution in [1.82, 2.24) is 5.01 Å². The van der Waals surface area contributed by atoms with Crippen molar-refractivity contribution in [3.63, 3.8) is 0 Å². The van der Waals surface area contributed by atoms with Crippen LogP contribution in [0.3, 0.4) is 0 Å². The summed E-state index contributed by atoms with van der Waals surface area (Å²) >= 11 is 1.52. The first-order valence-corrected chi connectivity index (χ1v) is 8.47. The lowest BCUT2D eigenvalue weighted by molar-refractivity contribution is 0.565. The zero-order valence-corrected chi connectivity index (χ0v) is 11.9. The Kier molecular flexibility index (Phi) is 5.97. The van der Waals surface area contributed by atoms with Crippen molar-refractivity contribution in [2.45, 2.75) is 19.8 Å². The topological polar surface area (TPSA) is 62.1 Å². The number of rotatable bonds is 5. The minimum atomic E-state index is -2.88. The van der Waals surface area contributed by atoms with Gasteiger partial charge in [0.2, 0.25) is 0 Å². The number of hydrogen-bond acceptors (Lipinski definition) is 6. The molecule has 17 heavy (non-hydrogen) atoms. The van der Waals surface area contributed by atoms with Crippen LogP contribution in [0.4, 0.5) is 0 Å². The highest BCUT2D eigenvalue weighted by molar-refractivity contribution is 8.14. The number of thioether (sulfide) groups is 1. The van der Waals surface area contributed by atoms with Gasteiger partial charge in [-0.15, -0.1) is 11.8 Å². The molecule has 0 unspecified atom stereocenters. The average Bonchev–Trinajstić information content (AvgIpc) is 2.42. The molecule has 98 valence electrons. The van der Waals surface area contributed by atoms with E-state index < -0.39 is 9.84 Å². The van der Waals surface area contributed by atoms with Crippen LogP contribution in [-0.4, -0.2) is 55.7 Å². The third-order valence-corrected chi connectivity index (χ3v) is 5.29. The smallest absolute Gasteiger partial charge is 0.151 e. The minimum absolute atomic E-state index is 0.231. The normalized spacial score (nSPS) is 16.8. The van der Waals surface area contributed by atoms with Crippen molar-refractivity contribution in [3.8, 4) is 0 Å². The number of hydrazone groups is 1. The third kappa shape index (κ3) is 6.07. The molecular formula is C10H19N3O2S2. The second kappa shape index (κ2) is 7.00. The highest BCUT2D eigenvalue weighted by Crippen LogP contribution is 2.12. The van der Waals surface area contributed by atoms with Crippen LogP contribution in [0.15, 0.2) is 10.1 Å². The minimum Gasteiger partial charge on any atom is -0.273 e. The van der Waals surface area contributed by atoms with E-state index in [4.69, 9.17) is 0 Å². The molecule has 0 saturated heterocycles. The van der Waals surface area contributed by atoms with Gasteiger partial charge in [0.15, 0.2) is 9.84 Å². The summed E-state index contributed by atoms with van der Waals surface area (Å²) in [6.07, 6.45) is 3.16. The van der Waals surface area contributed by atoms with E-state index in [0.29, 0.717) is 12.2 Å². The summed E-state index contributed by atoms with van der Waals surface area (Å²) in [5.74, 6) is 1.09. The maximum atomic E-state index is 11.5. The van der Waals surface area contributed by atoms with E-state index in [-0.39, 0.29) is 11.5 Å². The molecule has 0 aromatic rings. The van der Waals surface area contributed by atoms with Crippen LogP contribution < -0.4 is 0 Å². The first-order chi connectivity index (χ1) is 8.03. The van der Waals surface area contributed by atoms with Gasteiger partial charge in [-0.05, 0) is 6.42 Å². The zero-order valence-electron chi connectivity index (χ0n) is 10.3. The molecule has 1 heterocycles. The van der Waals surface area contributed by atoms with Crippen molar-refractivity contribution >= 4 is 33.0 Å². The second-order valence-corrected chi connectivity index (χ2v) is 7.31. The van der Waals surface area contributed by atoms with Gasteiger partial charge in [-0.1, -0.05) is 6.92 Å². The summed E-state index contributed by atoms with van der Waals surface area (Å²) in [7, 11) is -1.05. The maximum Gasteiger partial charge on any atom is 0.151 e. The Labute approximate surface area is 107 Å². The van der Waals surface area contributed by atoms with E-state index in [1.807, 2.05) is 14.0 Å². The van der Waals surface area contributed by atoms with E-state index in [9.17, 15) is 8.42 Å². The van der Waals surface area contributed by atoms with Gasteiger partial charge >= 0.3 is 0 Å². The quantitative estimate of drug-likeness (QED) is 0.758. The molecule has 0 fully saturated rings. The van der Waals surface area contributed by atoms with Crippen molar-refractivity contribution in [3.05, 3.63) is 0 Å². The second-order valence-electron chi connectivity index (χ2n) is 3.84. The number of sulfone groups is 1. The highest BCUT2D eigenvalue weighted by atomic mass is 32.2. The summed E-state index contributed by atoms with van der Waals surface area (Å²) in [5, 5.41) is 6.93. The van der Waals surface area contributed by atoms with Gasteiger partial charge in [0.05, 0.1) is 10.8 Å². The highest BCUT2D eigenvalue weighted by Gasteiger charge is 2.11. The Balaban J connectivity index is 2.36. The predicted molar refractivity (Wildman–Crippen MR) is 74.6 cm³/mol. The molecule has 0 bridgehead atoms. The molecule has 7 heteroatoms.